The van der Waals surface area contributed by atoms with Gasteiger partial charge >= 0.3 is 0 Å². The van der Waals surface area contributed by atoms with Crippen LogP contribution in [0.1, 0.15) is 25.3 Å². The molecule has 0 aliphatic heterocycles. The predicted molar refractivity (Wildman–Crippen MR) is 96.1 cm³/mol. The largest absolute Gasteiger partial charge is 0.711 e. The molecule has 0 atom stereocenters. The molecule has 0 spiro atoms. The lowest BCUT2D eigenvalue weighted by Crippen LogP contribution is -2.30. The molecule has 0 saturated carbocycles. The third kappa shape index (κ3) is 6.04. The number of aryl methyl sites for hydroxylation is 1. The maximum absolute atomic E-state index is 11.6. The maximum atomic E-state index is 11.6. The van der Waals surface area contributed by atoms with Crippen LogP contribution in [0, 0.1) is 15.3 Å². The standard InChI is InChI=1S/C18H21N3O5/c1-14(22)3-4-15-5-7-17(8-6-15)26-12-2-10-19-18-13-16(21(24)25)9-11-20(18)23/h5-9,11,13,19H,2-4,10,12H2,1H3. The average Bonchev–Trinajstić information content (AvgIpc) is 2.61. The van der Waals surface area contributed by atoms with E-state index < -0.39 is 4.92 Å². The second-order valence-corrected chi connectivity index (χ2v) is 5.83. The number of nitrogens with one attached hydrogen (secondary N) is 1. The van der Waals surface area contributed by atoms with Crippen molar-refractivity contribution in [3.05, 3.63) is 63.5 Å². The fourth-order valence-electron chi connectivity index (χ4n) is 2.27. The zero-order chi connectivity index (χ0) is 18.9. The Hall–Kier alpha value is -3.16. The number of ketones is 1. The molecule has 0 unspecified atom stereocenters. The lowest BCUT2D eigenvalue weighted by Gasteiger charge is -2.09. The number of carbonyl (C=O) groups is 1. The molecule has 0 aliphatic carbocycles. The normalized spacial score (nSPS) is 10.3. The first-order valence-electron chi connectivity index (χ1n) is 8.28. The van der Waals surface area contributed by atoms with E-state index in [-0.39, 0.29) is 17.3 Å². The molecule has 2 aromatic rings. The maximum Gasteiger partial charge on any atom is 0.284 e. The molecule has 138 valence electrons. The smallest absolute Gasteiger partial charge is 0.284 e. The van der Waals surface area contributed by atoms with Crippen molar-refractivity contribution in [1.29, 1.82) is 0 Å². The van der Waals surface area contributed by atoms with E-state index in [0.29, 0.717) is 30.7 Å². The first-order chi connectivity index (χ1) is 12.5. The first-order valence-corrected chi connectivity index (χ1v) is 8.28. The number of anilines is 1. The molecule has 0 amide bonds. The Morgan fingerprint density at radius 3 is 2.65 bits per heavy atom. The Morgan fingerprint density at radius 1 is 1.27 bits per heavy atom. The summed E-state index contributed by atoms with van der Waals surface area (Å²) in [5.74, 6) is 1.03. The van der Waals surface area contributed by atoms with E-state index >= 15 is 0 Å². The number of Topliss-reactive ketones (excluding diaryl/α,β-unsaturated/α-hetero) is 1. The van der Waals surface area contributed by atoms with Gasteiger partial charge in [0.2, 0.25) is 0 Å². The monoisotopic (exact) mass is 359 g/mol. The lowest BCUT2D eigenvalue weighted by molar-refractivity contribution is -0.591. The van der Waals surface area contributed by atoms with Crippen LogP contribution in [0.25, 0.3) is 0 Å². The molecule has 1 heterocycles. The van der Waals surface area contributed by atoms with Gasteiger partial charge in [-0.2, -0.15) is 0 Å². The summed E-state index contributed by atoms with van der Waals surface area (Å²) >= 11 is 0. The van der Waals surface area contributed by atoms with Crippen molar-refractivity contribution in [1.82, 2.24) is 0 Å². The Kier molecular flexibility index (Phi) is 6.90. The number of carbonyl (C=O) groups excluding carboxylic acids is 1. The van der Waals surface area contributed by atoms with Gasteiger partial charge in [-0.05, 0) is 31.0 Å². The van der Waals surface area contributed by atoms with E-state index in [1.54, 1.807) is 6.92 Å². The van der Waals surface area contributed by atoms with Crippen molar-refractivity contribution in [2.45, 2.75) is 26.2 Å². The zero-order valence-corrected chi connectivity index (χ0v) is 14.5. The summed E-state index contributed by atoms with van der Waals surface area (Å²) in [5.41, 5.74) is 0.945. The fraction of sp³-hybridized carbons (Fsp3) is 0.333. The average molecular weight is 359 g/mol. The highest BCUT2D eigenvalue weighted by molar-refractivity contribution is 5.75. The molecule has 26 heavy (non-hydrogen) atoms. The van der Waals surface area contributed by atoms with E-state index in [0.717, 1.165) is 30.0 Å². The van der Waals surface area contributed by atoms with Crippen LogP contribution in [0.2, 0.25) is 0 Å². The summed E-state index contributed by atoms with van der Waals surface area (Å²) in [5, 5.41) is 25.2. The van der Waals surface area contributed by atoms with E-state index in [1.807, 2.05) is 24.3 Å². The van der Waals surface area contributed by atoms with Crippen molar-refractivity contribution in [3.8, 4) is 5.75 Å². The summed E-state index contributed by atoms with van der Waals surface area (Å²) < 4.78 is 6.17. The summed E-state index contributed by atoms with van der Waals surface area (Å²) in [6, 6.07) is 9.93. The Balaban J connectivity index is 1.73. The van der Waals surface area contributed by atoms with Gasteiger partial charge in [0.25, 0.3) is 11.5 Å². The number of ether oxygens (including phenoxy) is 1. The molecule has 1 aromatic carbocycles. The van der Waals surface area contributed by atoms with Crippen LogP contribution in [0.4, 0.5) is 11.5 Å². The SMILES string of the molecule is CC(=O)CCc1ccc(OCCCNc2cc([N+](=O)[O-])cc[n+]2[O-])cc1. The van der Waals surface area contributed by atoms with Gasteiger partial charge in [0, 0.05) is 12.8 Å². The highest BCUT2D eigenvalue weighted by Gasteiger charge is 2.12. The van der Waals surface area contributed by atoms with E-state index in [1.165, 1.54) is 6.07 Å². The molecular formula is C18H21N3O5. The molecule has 0 radical (unpaired) electrons. The number of nitrogens with zero attached hydrogens (tertiary/aromatic N) is 2. The van der Waals surface area contributed by atoms with Crippen LogP contribution in [0.3, 0.4) is 0 Å². The molecule has 0 bridgehead atoms. The first kappa shape index (κ1) is 19.2. The third-order valence-electron chi connectivity index (χ3n) is 3.70. The minimum Gasteiger partial charge on any atom is -0.711 e. The number of pyridine rings is 1. The fourth-order valence-corrected chi connectivity index (χ4v) is 2.27. The Labute approximate surface area is 151 Å². The van der Waals surface area contributed by atoms with Crippen LogP contribution in [-0.4, -0.2) is 23.9 Å². The second kappa shape index (κ2) is 9.36. The minimum atomic E-state index is -0.547. The lowest BCUT2D eigenvalue weighted by atomic mass is 10.1. The van der Waals surface area contributed by atoms with Gasteiger partial charge in [-0.15, -0.1) is 0 Å². The molecule has 0 saturated heterocycles. The number of rotatable bonds is 10. The van der Waals surface area contributed by atoms with E-state index in [9.17, 15) is 20.1 Å². The van der Waals surface area contributed by atoms with Crippen molar-refractivity contribution >= 4 is 17.3 Å². The highest BCUT2D eigenvalue weighted by atomic mass is 16.6. The van der Waals surface area contributed by atoms with Gasteiger partial charge in [-0.1, -0.05) is 12.1 Å². The highest BCUT2D eigenvalue weighted by Crippen LogP contribution is 2.15. The number of nitro groups is 1. The zero-order valence-electron chi connectivity index (χ0n) is 14.5. The van der Waals surface area contributed by atoms with Gasteiger partial charge in [-0.3, -0.25) is 15.4 Å². The number of hydrogen-bond acceptors (Lipinski definition) is 6. The number of aromatic nitrogens is 1. The van der Waals surface area contributed by atoms with Gasteiger partial charge in [0.1, 0.15) is 23.8 Å². The second-order valence-electron chi connectivity index (χ2n) is 5.83. The van der Waals surface area contributed by atoms with Crippen molar-refractivity contribution in [2.75, 3.05) is 18.5 Å². The molecule has 1 N–H and O–H groups in total. The minimum absolute atomic E-state index is 0.133. The van der Waals surface area contributed by atoms with Gasteiger partial charge in [0.05, 0.1) is 24.1 Å². The Bertz CT molecular complexity index is 762. The van der Waals surface area contributed by atoms with Crippen LogP contribution in [-0.2, 0) is 11.2 Å². The van der Waals surface area contributed by atoms with Crippen molar-refractivity contribution < 1.29 is 19.2 Å². The van der Waals surface area contributed by atoms with Gasteiger partial charge in [0.15, 0.2) is 0 Å². The summed E-state index contributed by atoms with van der Waals surface area (Å²) in [7, 11) is 0. The van der Waals surface area contributed by atoms with Crippen molar-refractivity contribution in [3.63, 3.8) is 0 Å². The topological polar surface area (TPSA) is 108 Å². The third-order valence-corrected chi connectivity index (χ3v) is 3.70. The van der Waals surface area contributed by atoms with Crippen LogP contribution < -0.4 is 14.8 Å². The summed E-state index contributed by atoms with van der Waals surface area (Å²) in [6.45, 7) is 2.46. The van der Waals surface area contributed by atoms with Crippen LogP contribution >= 0.6 is 0 Å². The van der Waals surface area contributed by atoms with Crippen LogP contribution in [0.15, 0.2) is 42.6 Å². The van der Waals surface area contributed by atoms with E-state index in [2.05, 4.69) is 5.32 Å². The van der Waals surface area contributed by atoms with Gasteiger partial charge in [-0.25, -0.2) is 4.73 Å². The molecule has 2 rings (SSSR count). The quantitative estimate of drug-likeness (QED) is 0.230. The van der Waals surface area contributed by atoms with Crippen molar-refractivity contribution in [2.24, 2.45) is 0 Å². The molecule has 0 fully saturated rings. The molecule has 1 aromatic heterocycles. The number of benzene rings is 1. The summed E-state index contributed by atoms with van der Waals surface area (Å²) in [4.78, 5) is 21.2. The Morgan fingerprint density at radius 2 is 2.00 bits per heavy atom. The molecule has 8 heteroatoms. The predicted octanol–water partition coefficient (Wildman–Crippen LogP) is 2.63. The molecule has 8 nitrogen and oxygen atoms in total. The van der Waals surface area contributed by atoms with Gasteiger partial charge < -0.3 is 14.7 Å². The molecule has 0 aliphatic rings. The van der Waals surface area contributed by atoms with Crippen LogP contribution in [0.5, 0.6) is 5.75 Å². The van der Waals surface area contributed by atoms with E-state index in [4.69, 9.17) is 4.74 Å². The molecular weight excluding hydrogens is 338 g/mol. The summed E-state index contributed by atoms with van der Waals surface area (Å²) in [6.07, 6.45) is 2.97. The number of hydrogen-bond donors (Lipinski definition) is 1.